The lowest BCUT2D eigenvalue weighted by molar-refractivity contribution is -0.453. The molecule has 0 N–H and O–H groups in total. The molecule has 0 aliphatic carbocycles. The molecule has 0 spiro atoms. The Kier molecular flexibility index (Phi) is 14.3. The van der Waals surface area contributed by atoms with Crippen LogP contribution in [0.2, 0.25) is 0 Å². The normalized spacial score (nSPS) is 15.0. The van der Waals surface area contributed by atoms with Gasteiger partial charge in [0.05, 0.1) is 31.3 Å². The second-order valence-electron chi connectivity index (χ2n) is 10.2. The molecule has 0 aliphatic heterocycles. The van der Waals surface area contributed by atoms with E-state index < -0.39 is 62.2 Å². The molecule has 40 heavy (non-hydrogen) atoms. The van der Waals surface area contributed by atoms with Crippen molar-refractivity contribution in [3.05, 3.63) is 12.7 Å². The van der Waals surface area contributed by atoms with E-state index in [4.69, 9.17) is 0 Å². The summed E-state index contributed by atoms with van der Waals surface area (Å²) in [5.74, 6) is -46.1. The van der Waals surface area contributed by atoms with Gasteiger partial charge in [0.15, 0.2) is 0 Å². The van der Waals surface area contributed by atoms with Crippen LogP contribution in [0.4, 0.5) is 65.9 Å². The number of rotatable bonds is 17. The highest BCUT2D eigenvalue weighted by Gasteiger charge is 2.93. The summed E-state index contributed by atoms with van der Waals surface area (Å²) in [7, 11) is -1.82. The summed E-state index contributed by atoms with van der Waals surface area (Å²) < 4.78 is 203. The van der Waals surface area contributed by atoms with Gasteiger partial charge in [-0.15, -0.1) is 0 Å². The quantitative estimate of drug-likeness (QED) is 0.0771. The van der Waals surface area contributed by atoms with E-state index in [1.807, 2.05) is 27.7 Å². The zero-order valence-electron chi connectivity index (χ0n) is 21.8. The molecule has 0 aliphatic rings. The summed E-state index contributed by atoms with van der Waals surface area (Å²) in [6.45, 7) is 7.81. The topological polar surface area (TPSA) is 9.23 Å². The number of hydrogen-bond donors (Lipinski definition) is 0. The predicted molar refractivity (Wildman–Crippen MR) is 117 cm³/mol. The van der Waals surface area contributed by atoms with Crippen molar-refractivity contribution >= 4 is 7.26 Å². The number of halogens is 16. The molecule has 242 valence electrons. The van der Waals surface area contributed by atoms with Crippen molar-refractivity contribution in [2.45, 2.75) is 75.8 Å². The Morgan fingerprint density at radius 1 is 0.650 bits per heavy atom. The largest absolute Gasteiger partial charge is 1.00 e. The average Bonchev–Trinajstić information content (AvgIpc) is 2.70. The Hall–Kier alpha value is -0.630. The molecular formula is C22H31ClF15OP. The summed E-state index contributed by atoms with van der Waals surface area (Å²) >= 11 is 0. The molecule has 0 bridgehead atoms. The average molecular weight is 663 g/mol. The third-order valence-corrected chi connectivity index (χ3v) is 10.9. The van der Waals surface area contributed by atoms with Gasteiger partial charge in [-0.2, -0.15) is 65.9 Å². The summed E-state index contributed by atoms with van der Waals surface area (Å²) in [4.78, 5) is 0. The minimum Gasteiger partial charge on any atom is -1.00 e. The molecule has 18 heteroatoms. The Balaban J connectivity index is 0. The highest BCUT2D eigenvalue weighted by atomic mass is 35.5. The van der Waals surface area contributed by atoms with E-state index in [0.29, 0.717) is 12.3 Å². The van der Waals surface area contributed by atoms with Crippen molar-refractivity contribution in [2.24, 2.45) is 11.8 Å². The van der Waals surface area contributed by atoms with Crippen LogP contribution in [-0.4, -0.2) is 79.6 Å². The van der Waals surface area contributed by atoms with E-state index in [9.17, 15) is 65.9 Å². The highest BCUT2D eigenvalue weighted by Crippen LogP contribution is 2.63. The van der Waals surface area contributed by atoms with Crippen LogP contribution in [0.15, 0.2) is 12.7 Å². The van der Waals surface area contributed by atoms with Crippen LogP contribution in [0.5, 0.6) is 0 Å². The first kappa shape index (κ1) is 41.5. The number of hydrogen-bond acceptors (Lipinski definition) is 1. The summed E-state index contributed by atoms with van der Waals surface area (Å²) in [5, 5.41) is 0. The Bertz CT molecular complexity index is 788. The summed E-state index contributed by atoms with van der Waals surface area (Å²) in [6.07, 6.45) is -3.68. The molecule has 0 aromatic rings. The minimum atomic E-state index is -8.28. The van der Waals surface area contributed by atoms with Crippen molar-refractivity contribution < 1.29 is 83.0 Å². The van der Waals surface area contributed by atoms with Crippen LogP contribution >= 0.6 is 7.26 Å². The third kappa shape index (κ3) is 8.26. The van der Waals surface area contributed by atoms with Crippen molar-refractivity contribution in [2.75, 3.05) is 37.9 Å². The van der Waals surface area contributed by atoms with Crippen molar-refractivity contribution in [3.63, 3.8) is 0 Å². The molecule has 0 saturated carbocycles. The second kappa shape index (κ2) is 13.8. The van der Waals surface area contributed by atoms with Gasteiger partial charge in [-0.3, -0.25) is 0 Å². The molecule has 0 fully saturated rings. The van der Waals surface area contributed by atoms with Crippen LogP contribution in [0.25, 0.3) is 0 Å². The van der Waals surface area contributed by atoms with E-state index >= 15 is 0 Å². The van der Waals surface area contributed by atoms with E-state index in [-0.39, 0.29) is 30.7 Å². The Morgan fingerprint density at radius 3 is 1.38 bits per heavy atom. The zero-order chi connectivity index (χ0) is 31.5. The van der Waals surface area contributed by atoms with Gasteiger partial charge in [0.1, 0.15) is 6.61 Å². The van der Waals surface area contributed by atoms with E-state index in [2.05, 4.69) is 11.3 Å². The van der Waals surface area contributed by atoms with Crippen molar-refractivity contribution in [1.29, 1.82) is 0 Å². The number of allylic oxidation sites excluding steroid dienone is 1. The number of alkyl halides is 15. The van der Waals surface area contributed by atoms with E-state index in [1.54, 1.807) is 6.08 Å². The fourth-order valence-electron chi connectivity index (χ4n) is 4.11. The molecule has 0 aromatic carbocycles. The monoisotopic (exact) mass is 662 g/mol. The first-order valence-electron chi connectivity index (χ1n) is 11.5. The first-order valence-corrected chi connectivity index (χ1v) is 14.0. The molecule has 0 amide bonds. The van der Waals surface area contributed by atoms with Crippen molar-refractivity contribution in [3.8, 4) is 0 Å². The van der Waals surface area contributed by atoms with E-state index in [0.717, 1.165) is 12.3 Å². The van der Waals surface area contributed by atoms with E-state index in [1.165, 1.54) is 0 Å². The fourth-order valence-corrected chi connectivity index (χ4v) is 9.55. The second-order valence-corrected chi connectivity index (χ2v) is 14.4. The first-order chi connectivity index (χ1) is 17.1. The van der Waals surface area contributed by atoms with Crippen LogP contribution in [0.1, 0.15) is 34.1 Å². The van der Waals surface area contributed by atoms with Crippen LogP contribution in [0.3, 0.4) is 0 Å². The Labute approximate surface area is 229 Å². The van der Waals surface area contributed by atoms with Gasteiger partial charge in [0, 0.05) is 13.7 Å². The smallest absolute Gasteiger partial charge is 0.460 e. The lowest BCUT2D eigenvalue weighted by Gasteiger charge is -2.41. The van der Waals surface area contributed by atoms with Crippen LogP contribution in [0, 0.1) is 11.8 Å². The van der Waals surface area contributed by atoms with Gasteiger partial charge < -0.3 is 17.1 Å². The minimum absolute atomic E-state index is 0. The molecular weight excluding hydrogens is 632 g/mol. The van der Waals surface area contributed by atoms with Gasteiger partial charge in [-0.05, 0) is 11.8 Å². The summed E-state index contributed by atoms with van der Waals surface area (Å²) in [5.41, 5.74) is 0. The van der Waals surface area contributed by atoms with Crippen molar-refractivity contribution in [1.82, 2.24) is 0 Å². The molecule has 0 radical (unpaired) electrons. The highest BCUT2D eigenvalue weighted by molar-refractivity contribution is 7.76. The molecule has 0 atom stereocenters. The van der Waals surface area contributed by atoms with Gasteiger partial charge >= 0.3 is 41.7 Å². The molecule has 0 rings (SSSR count). The van der Waals surface area contributed by atoms with Crippen LogP contribution in [-0.2, 0) is 4.74 Å². The maximum atomic E-state index is 13.9. The number of ether oxygens (including phenoxy) is 1. The Morgan fingerprint density at radius 2 is 1.02 bits per heavy atom. The third-order valence-electron chi connectivity index (χ3n) is 5.62. The molecule has 1 nitrogen and oxygen atoms in total. The SMILES string of the molecule is C=CC[P+](CCCOCC(F)(F)C(F)(F)C(F)(F)C(F)(F)C(F)(F)C(F)(F)C(F)(F)F)(CC(C)C)CC(C)C.[Cl-]. The van der Waals surface area contributed by atoms with Gasteiger partial charge in [0.25, 0.3) is 0 Å². The zero-order valence-corrected chi connectivity index (χ0v) is 23.4. The fraction of sp³-hybridized carbons (Fsp3) is 0.909. The lowest BCUT2D eigenvalue weighted by Crippen LogP contribution is -3.00. The predicted octanol–water partition coefficient (Wildman–Crippen LogP) is 6.29. The maximum Gasteiger partial charge on any atom is 0.460 e. The molecule has 0 aromatic heterocycles. The summed E-state index contributed by atoms with van der Waals surface area (Å²) in [6, 6.07) is 0. The van der Waals surface area contributed by atoms with Gasteiger partial charge in [0.2, 0.25) is 0 Å². The standard InChI is InChI=1S/C22H31F15OP.ClH/c1-6-9-39(11-14(2)3,12-15(4)5)10-7-8-38-13-16(23,24)17(25,26)18(27,28)19(29,30)20(31,32)21(33,34)22(35,36)37;/h6,14-15H,1,7-13H2,2-5H3;1H/q+1;/p-1. The van der Waals surface area contributed by atoms with Gasteiger partial charge in [-0.25, -0.2) is 0 Å². The lowest BCUT2D eigenvalue weighted by atomic mass is 9.91. The van der Waals surface area contributed by atoms with Crippen LogP contribution < -0.4 is 12.4 Å². The molecule has 0 unspecified atom stereocenters. The van der Waals surface area contributed by atoms with Gasteiger partial charge in [-0.1, -0.05) is 40.3 Å². The maximum absolute atomic E-state index is 13.9. The molecule has 0 heterocycles. The molecule has 0 saturated heterocycles.